The van der Waals surface area contributed by atoms with Crippen molar-refractivity contribution in [1.82, 2.24) is 0 Å². The molecule has 0 aliphatic carbocycles. The number of carbonyl (C=O) groups is 2. The molecule has 0 radical (unpaired) electrons. The van der Waals surface area contributed by atoms with Gasteiger partial charge in [0.15, 0.2) is 6.54 Å². The largest absolute Gasteiger partial charge is 0.462 e. The number of ether oxygens (including phenoxy) is 1. The van der Waals surface area contributed by atoms with E-state index in [2.05, 4.69) is 19.2 Å². The van der Waals surface area contributed by atoms with Gasteiger partial charge < -0.3 is 15.0 Å². The molecule has 0 bridgehead atoms. The van der Waals surface area contributed by atoms with Crippen molar-refractivity contribution in [3.63, 3.8) is 0 Å². The normalized spacial score (nSPS) is 10.9. The molecule has 1 amide bonds. The molecule has 0 saturated heterocycles. The van der Waals surface area contributed by atoms with Crippen molar-refractivity contribution in [2.45, 2.75) is 40.5 Å². The Morgan fingerprint density at radius 3 is 2.29 bits per heavy atom. The lowest BCUT2D eigenvalue weighted by Crippen LogP contribution is -3.13. The molecule has 0 aliphatic rings. The molecule has 1 aromatic carbocycles. The van der Waals surface area contributed by atoms with Crippen LogP contribution < -0.4 is 10.2 Å². The smallest absolute Gasteiger partial charge is 0.341 e. The highest BCUT2D eigenvalue weighted by molar-refractivity contribution is 7.15. The molecule has 0 fully saturated rings. The number of aryl methyl sites for hydroxylation is 1. The van der Waals surface area contributed by atoms with E-state index in [-0.39, 0.29) is 5.91 Å². The van der Waals surface area contributed by atoms with E-state index in [1.807, 2.05) is 36.6 Å². The molecule has 0 saturated carbocycles. The molecule has 2 aromatic rings. The maximum Gasteiger partial charge on any atom is 0.341 e. The zero-order valence-electron chi connectivity index (χ0n) is 17.3. The first-order valence-corrected chi connectivity index (χ1v) is 10.9. The number of hydrogen-bond acceptors (Lipinski definition) is 4. The molecule has 5 nitrogen and oxygen atoms in total. The van der Waals surface area contributed by atoms with E-state index in [9.17, 15) is 9.59 Å². The third kappa shape index (κ3) is 5.91. The number of esters is 1. The Hall–Kier alpha value is -2.18. The van der Waals surface area contributed by atoms with Crippen LogP contribution in [0.3, 0.4) is 0 Å². The number of thiophene rings is 1. The van der Waals surface area contributed by atoms with Gasteiger partial charge in [-0.15, -0.1) is 11.3 Å². The van der Waals surface area contributed by atoms with Gasteiger partial charge in [-0.25, -0.2) is 4.79 Å². The van der Waals surface area contributed by atoms with Crippen LogP contribution in [0.15, 0.2) is 29.6 Å². The van der Waals surface area contributed by atoms with Crippen molar-refractivity contribution in [3.05, 3.63) is 40.8 Å². The molecule has 2 rings (SSSR count). The van der Waals surface area contributed by atoms with Crippen molar-refractivity contribution in [3.8, 4) is 11.1 Å². The van der Waals surface area contributed by atoms with Gasteiger partial charge in [-0.3, -0.25) is 4.79 Å². The molecule has 1 heterocycles. The Balaban J connectivity index is 2.27. The third-order valence-electron chi connectivity index (χ3n) is 4.50. The minimum Gasteiger partial charge on any atom is -0.462 e. The minimum atomic E-state index is -0.402. The number of anilines is 1. The van der Waals surface area contributed by atoms with Crippen LogP contribution >= 0.6 is 11.3 Å². The molecule has 1 aromatic heterocycles. The van der Waals surface area contributed by atoms with Gasteiger partial charge in [0.05, 0.1) is 19.7 Å². The van der Waals surface area contributed by atoms with Gasteiger partial charge in [-0.1, -0.05) is 43.7 Å². The van der Waals surface area contributed by atoms with Crippen molar-refractivity contribution >= 4 is 28.2 Å². The van der Waals surface area contributed by atoms with E-state index < -0.39 is 5.97 Å². The second kappa shape index (κ2) is 11.0. The number of nitrogens with one attached hydrogen (secondary N) is 2. The molecular weight excluding hydrogens is 372 g/mol. The molecule has 152 valence electrons. The highest BCUT2D eigenvalue weighted by atomic mass is 32.1. The summed E-state index contributed by atoms with van der Waals surface area (Å²) >= 11 is 1.37. The summed E-state index contributed by atoms with van der Waals surface area (Å²) in [6, 6.07) is 7.99. The highest BCUT2D eigenvalue weighted by Gasteiger charge is 2.23. The van der Waals surface area contributed by atoms with Crippen LogP contribution in [-0.2, 0) is 9.53 Å². The van der Waals surface area contributed by atoms with Gasteiger partial charge in [-0.05, 0) is 32.3 Å². The standard InChI is InChI=1S/C22H30N2O3S/c1-5-12-24(13-6-2)14-19(25)23-21-20(22(26)27-7-3)18(15-28-21)17-10-8-16(4)9-11-17/h8-11,15H,5-7,12-14H2,1-4H3,(H,23,25)/p+1. The Morgan fingerprint density at radius 2 is 1.71 bits per heavy atom. The number of hydrogen-bond donors (Lipinski definition) is 2. The Labute approximate surface area is 171 Å². The Kier molecular flexibility index (Phi) is 8.67. The summed E-state index contributed by atoms with van der Waals surface area (Å²) in [6.07, 6.45) is 2.07. The van der Waals surface area contributed by atoms with Gasteiger partial charge in [0.1, 0.15) is 10.6 Å². The molecule has 0 spiro atoms. The average molecular weight is 404 g/mol. The zero-order chi connectivity index (χ0) is 20.5. The lowest BCUT2D eigenvalue weighted by atomic mass is 10.0. The van der Waals surface area contributed by atoms with Crippen LogP contribution in [0.5, 0.6) is 0 Å². The quantitative estimate of drug-likeness (QED) is 0.597. The SMILES string of the molecule is CCC[NH+](CCC)CC(=O)Nc1scc(-c2ccc(C)cc2)c1C(=O)OCC. The first-order valence-electron chi connectivity index (χ1n) is 9.99. The van der Waals surface area contributed by atoms with Crippen LogP contribution in [0, 0.1) is 6.92 Å². The van der Waals surface area contributed by atoms with E-state index in [0.29, 0.717) is 23.7 Å². The first-order chi connectivity index (χ1) is 13.5. The maximum absolute atomic E-state index is 12.6. The van der Waals surface area contributed by atoms with Crippen molar-refractivity contribution < 1.29 is 19.2 Å². The van der Waals surface area contributed by atoms with Crippen LogP contribution in [0.25, 0.3) is 11.1 Å². The summed E-state index contributed by atoms with van der Waals surface area (Å²) in [4.78, 5) is 26.5. The maximum atomic E-state index is 12.6. The van der Waals surface area contributed by atoms with Gasteiger partial charge in [0, 0.05) is 10.9 Å². The summed E-state index contributed by atoms with van der Waals surface area (Å²) < 4.78 is 5.26. The minimum absolute atomic E-state index is 0.0697. The fraction of sp³-hybridized carbons (Fsp3) is 0.455. The van der Waals surface area contributed by atoms with E-state index in [1.165, 1.54) is 16.2 Å². The van der Waals surface area contributed by atoms with E-state index in [4.69, 9.17) is 4.74 Å². The van der Waals surface area contributed by atoms with E-state index in [1.54, 1.807) is 6.92 Å². The van der Waals surface area contributed by atoms with E-state index >= 15 is 0 Å². The molecule has 2 N–H and O–H groups in total. The summed E-state index contributed by atoms with van der Waals surface area (Å²) in [6.45, 7) is 10.7. The summed E-state index contributed by atoms with van der Waals surface area (Å²) in [7, 11) is 0. The van der Waals surface area contributed by atoms with Crippen LogP contribution in [0.1, 0.15) is 49.5 Å². The van der Waals surface area contributed by atoms with E-state index in [0.717, 1.165) is 42.6 Å². The number of carbonyl (C=O) groups excluding carboxylic acids is 2. The lowest BCUT2D eigenvalue weighted by Gasteiger charge is -2.17. The second-order valence-corrected chi connectivity index (χ2v) is 7.79. The van der Waals surface area contributed by atoms with Crippen LogP contribution in [0.4, 0.5) is 5.00 Å². The number of rotatable bonds is 10. The summed E-state index contributed by atoms with van der Waals surface area (Å²) in [5.74, 6) is -0.472. The van der Waals surface area contributed by atoms with Crippen LogP contribution in [-0.4, -0.2) is 38.1 Å². The molecular formula is C22H31N2O3S+. The third-order valence-corrected chi connectivity index (χ3v) is 5.40. The topological polar surface area (TPSA) is 59.8 Å². The number of quaternary nitrogens is 1. The van der Waals surface area contributed by atoms with Crippen molar-refractivity contribution in [2.75, 3.05) is 31.6 Å². The lowest BCUT2D eigenvalue weighted by molar-refractivity contribution is -0.891. The van der Waals surface area contributed by atoms with Crippen molar-refractivity contribution in [1.29, 1.82) is 0 Å². The molecule has 28 heavy (non-hydrogen) atoms. The van der Waals surface area contributed by atoms with Gasteiger partial charge in [0.25, 0.3) is 5.91 Å². The number of amides is 1. The Bertz CT molecular complexity index is 778. The predicted octanol–water partition coefficient (Wildman–Crippen LogP) is 3.54. The molecule has 0 aliphatic heterocycles. The van der Waals surface area contributed by atoms with Crippen molar-refractivity contribution in [2.24, 2.45) is 0 Å². The fourth-order valence-electron chi connectivity index (χ4n) is 3.21. The summed E-state index contributed by atoms with van der Waals surface area (Å²) in [5, 5.41) is 5.43. The second-order valence-electron chi connectivity index (χ2n) is 6.91. The Morgan fingerprint density at radius 1 is 1.07 bits per heavy atom. The first kappa shape index (κ1) is 22.1. The highest BCUT2D eigenvalue weighted by Crippen LogP contribution is 2.36. The number of benzene rings is 1. The van der Waals surface area contributed by atoms with Gasteiger partial charge in [-0.2, -0.15) is 0 Å². The zero-order valence-corrected chi connectivity index (χ0v) is 18.1. The average Bonchev–Trinajstić information content (AvgIpc) is 3.06. The monoisotopic (exact) mass is 403 g/mol. The molecule has 0 unspecified atom stereocenters. The fourth-order valence-corrected chi connectivity index (χ4v) is 4.18. The van der Waals surface area contributed by atoms with Gasteiger partial charge >= 0.3 is 5.97 Å². The summed E-state index contributed by atoms with van der Waals surface area (Å²) in [5.41, 5.74) is 3.33. The van der Waals surface area contributed by atoms with Gasteiger partial charge in [0.2, 0.25) is 0 Å². The molecule has 0 atom stereocenters. The van der Waals surface area contributed by atoms with Crippen LogP contribution in [0.2, 0.25) is 0 Å². The predicted molar refractivity (Wildman–Crippen MR) is 115 cm³/mol. The molecule has 6 heteroatoms.